The molecule has 0 spiro atoms. The molecule has 1 amide bonds. The Balaban J connectivity index is 1.97. The van der Waals surface area contributed by atoms with Crippen molar-refractivity contribution in [1.82, 2.24) is 4.90 Å². The number of nitrogens with zero attached hydrogens (tertiary/aromatic N) is 1. The third kappa shape index (κ3) is 1.66. The van der Waals surface area contributed by atoms with E-state index in [0.29, 0.717) is 25.9 Å². The van der Waals surface area contributed by atoms with E-state index < -0.39 is 11.4 Å². The van der Waals surface area contributed by atoms with Crippen LogP contribution in [0.1, 0.15) is 25.3 Å². The van der Waals surface area contributed by atoms with Gasteiger partial charge in [-0.2, -0.15) is 0 Å². The van der Waals surface area contributed by atoms with Crippen molar-refractivity contribution in [2.45, 2.75) is 25.2 Å². The highest BCUT2D eigenvalue weighted by atomic mass is 16.4. The highest BCUT2D eigenvalue weighted by molar-refractivity contribution is 5.81. The molecular weight excluding hydrogens is 242 g/mol. The summed E-state index contributed by atoms with van der Waals surface area (Å²) in [5, 5.41) is 9.46. The minimum atomic E-state index is -0.773. The van der Waals surface area contributed by atoms with Gasteiger partial charge in [0.15, 0.2) is 0 Å². The Labute approximate surface area is 112 Å². The summed E-state index contributed by atoms with van der Waals surface area (Å²) in [4.78, 5) is 24.8. The fourth-order valence-electron chi connectivity index (χ4n) is 3.78. The van der Waals surface area contributed by atoms with Crippen LogP contribution in [-0.2, 0) is 15.0 Å². The summed E-state index contributed by atoms with van der Waals surface area (Å²) in [6.07, 6.45) is 1.28. The Kier molecular flexibility index (Phi) is 2.46. The number of amides is 1. The van der Waals surface area contributed by atoms with Crippen LogP contribution in [0.5, 0.6) is 0 Å². The van der Waals surface area contributed by atoms with Crippen molar-refractivity contribution in [3.8, 4) is 0 Å². The molecule has 2 aliphatic heterocycles. The third-order valence-corrected chi connectivity index (χ3v) is 4.63. The van der Waals surface area contributed by atoms with Gasteiger partial charge in [0.25, 0.3) is 0 Å². The predicted octanol–water partition coefficient (Wildman–Crippen LogP) is 1.65. The van der Waals surface area contributed by atoms with Gasteiger partial charge >= 0.3 is 5.97 Å². The zero-order chi connectivity index (χ0) is 13.7. The average molecular weight is 259 g/mol. The Morgan fingerprint density at radius 2 is 1.79 bits per heavy atom. The van der Waals surface area contributed by atoms with Crippen molar-refractivity contribution in [3.63, 3.8) is 0 Å². The zero-order valence-corrected chi connectivity index (χ0v) is 10.9. The Morgan fingerprint density at radius 1 is 1.16 bits per heavy atom. The molecular formula is C15H17NO3. The van der Waals surface area contributed by atoms with E-state index in [4.69, 9.17) is 0 Å². The zero-order valence-electron chi connectivity index (χ0n) is 10.9. The SMILES string of the molecule is CC(=O)N1CC2(C(=O)O)CC(c3ccccc3)(C1)C2. The molecule has 0 atom stereocenters. The first-order chi connectivity index (χ1) is 8.97. The number of benzene rings is 1. The van der Waals surface area contributed by atoms with E-state index in [1.165, 1.54) is 6.92 Å². The molecule has 4 rings (SSSR count). The molecule has 19 heavy (non-hydrogen) atoms. The first kappa shape index (κ1) is 12.2. The van der Waals surface area contributed by atoms with E-state index in [2.05, 4.69) is 0 Å². The van der Waals surface area contributed by atoms with E-state index >= 15 is 0 Å². The first-order valence-electron chi connectivity index (χ1n) is 6.52. The smallest absolute Gasteiger partial charge is 0.311 e. The van der Waals surface area contributed by atoms with Crippen LogP contribution in [0.3, 0.4) is 0 Å². The second-order valence-electron chi connectivity index (χ2n) is 5.96. The average Bonchev–Trinajstić information content (AvgIpc) is 2.38. The normalized spacial score (nSPS) is 32.6. The maximum atomic E-state index is 11.6. The molecule has 0 aromatic heterocycles. The van der Waals surface area contributed by atoms with Crippen molar-refractivity contribution < 1.29 is 14.7 Å². The molecule has 2 saturated heterocycles. The fourth-order valence-corrected chi connectivity index (χ4v) is 3.78. The van der Waals surface area contributed by atoms with Gasteiger partial charge in [0.1, 0.15) is 0 Å². The topological polar surface area (TPSA) is 57.6 Å². The van der Waals surface area contributed by atoms with Gasteiger partial charge in [0.2, 0.25) is 5.91 Å². The second kappa shape index (κ2) is 3.83. The van der Waals surface area contributed by atoms with Gasteiger partial charge in [0, 0.05) is 25.4 Å². The van der Waals surface area contributed by atoms with Gasteiger partial charge in [-0.05, 0) is 18.4 Å². The Bertz CT molecular complexity index is 526. The molecule has 1 saturated carbocycles. The Morgan fingerprint density at radius 3 is 2.32 bits per heavy atom. The molecule has 1 N–H and O–H groups in total. The molecule has 100 valence electrons. The van der Waals surface area contributed by atoms with Crippen molar-refractivity contribution >= 4 is 11.9 Å². The van der Waals surface area contributed by atoms with E-state index in [1.807, 2.05) is 30.3 Å². The molecule has 2 heterocycles. The van der Waals surface area contributed by atoms with Crippen LogP contribution >= 0.6 is 0 Å². The van der Waals surface area contributed by atoms with Crippen LogP contribution in [-0.4, -0.2) is 35.0 Å². The first-order valence-corrected chi connectivity index (χ1v) is 6.52. The molecule has 3 aliphatic rings. The van der Waals surface area contributed by atoms with Gasteiger partial charge in [-0.25, -0.2) is 0 Å². The molecule has 1 aromatic carbocycles. The lowest BCUT2D eigenvalue weighted by Gasteiger charge is -2.61. The molecule has 2 bridgehead atoms. The van der Waals surface area contributed by atoms with E-state index in [1.54, 1.807) is 4.90 Å². The number of carboxylic acids is 1. The maximum absolute atomic E-state index is 11.6. The van der Waals surface area contributed by atoms with Gasteiger partial charge in [0.05, 0.1) is 5.41 Å². The molecule has 3 fully saturated rings. The van der Waals surface area contributed by atoms with Crippen LogP contribution < -0.4 is 0 Å². The van der Waals surface area contributed by atoms with Crippen LogP contribution in [0.4, 0.5) is 0 Å². The number of carbonyl (C=O) groups excluding carboxylic acids is 1. The number of fused-ring (bicyclic) bond motifs is 2. The molecule has 4 nitrogen and oxygen atoms in total. The highest BCUT2D eigenvalue weighted by Gasteiger charge is 2.64. The lowest BCUT2D eigenvalue weighted by atomic mass is 9.47. The molecule has 1 aliphatic carbocycles. The summed E-state index contributed by atoms with van der Waals surface area (Å²) in [5.74, 6) is -0.810. The number of hydrogen-bond donors (Lipinski definition) is 1. The fraction of sp³-hybridized carbons (Fsp3) is 0.467. The number of piperidine rings is 2. The van der Waals surface area contributed by atoms with E-state index in [-0.39, 0.29) is 11.3 Å². The minimum absolute atomic E-state index is 0.0367. The number of rotatable bonds is 2. The van der Waals surface area contributed by atoms with Crippen LogP contribution in [0.25, 0.3) is 0 Å². The van der Waals surface area contributed by atoms with E-state index in [0.717, 1.165) is 5.56 Å². The summed E-state index contributed by atoms with van der Waals surface area (Å²) >= 11 is 0. The van der Waals surface area contributed by atoms with E-state index in [9.17, 15) is 14.7 Å². The van der Waals surface area contributed by atoms with Gasteiger partial charge in [-0.1, -0.05) is 30.3 Å². The molecule has 0 radical (unpaired) electrons. The summed E-state index contributed by atoms with van der Waals surface area (Å²) in [5.41, 5.74) is 0.251. The van der Waals surface area contributed by atoms with Crippen molar-refractivity contribution in [3.05, 3.63) is 35.9 Å². The number of aliphatic carboxylic acids is 1. The number of hydrogen-bond acceptors (Lipinski definition) is 2. The van der Waals surface area contributed by atoms with Crippen molar-refractivity contribution in [2.75, 3.05) is 13.1 Å². The third-order valence-electron chi connectivity index (χ3n) is 4.63. The monoisotopic (exact) mass is 259 g/mol. The van der Waals surface area contributed by atoms with Crippen LogP contribution in [0.15, 0.2) is 30.3 Å². The largest absolute Gasteiger partial charge is 0.481 e. The lowest BCUT2D eigenvalue weighted by molar-refractivity contribution is -0.176. The summed E-state index contributed by atoms with van der Waals surface area (Å²) in [7, 11) is 0. The minimum Gasteiger partial charge on any atom is -0.481 e. The van der Waals surface area contributed by atoms with Crippen LogP contribution in [0, 0.1) is 5.41 Å². The quantitative estimate of drug-likeness (QED) is 0.878. The van der Waals surface area contributed by atoms with Crippen LogP contribution in [0.2, 0.25) is 0 Å². The standard InChI is InChI=1S/C15H17NO3/c1-11(17)16-9-14(12-5-3-2-4-6-12)7-15(8-14,10-16)13(18)19/h2-6H,7-10H2,1H3,(H,18,19). The van der Waals surface area contributed by atoms with Gasteiger partial charge in [-0.15, -0.1) is 0 Å². The maximum Gasteiger partial charge on any atom is 0.311 e. The number of carboxylic acid groups (broad SMARTS) is 1. The predicted molar refractivity (Wildman–Crippen MR) is 69.7 cm³/mol. The second-order valence-corrected chi connectivity index (χ2v) is 5.96. The van der Waals surface area contributed by atoms with Gasteiger partial charge in [-0.3, -0.25) is 9.59 Å². The molecule has 4 heteroatoms. The molecule has 1 aromatic rings. The molecule has 0 unspecified atom stereocenters. The Hall–Kier alpha value is -1.84. The highest BCUT2D eigenvalue weighted by Crippen LogP contribution is 2.59. The summed E-state index contributed by atoms with van der Waals surface area (Å²) in [6.45, 7) is 2.51. The summed E-state index contributed by atoms with van der Waals surface area (Å²) < 4.78 is 0. The van der Waals surface area contributed by atoms with Crippen molar-refractivity contribution in [2.24, 2.45) is 5.41 Å². The number of carbonyl (C=O) groups is 2. The summed E-state index contributed by atoms with van der Waals surface area (Å²) in [6, 6.07) is 9.97. The lowest BCUT2D eigenvalue weighted by Crippen LogP contribution is -2.68. The van der Waals surface area contributed by atoms with Crippen molar-refractivity contribution in [1.29, 1.82) is 0 Å². The van der Waals surface area contributed by atoms with Gasteiger partial charge < -0.3 is 10.0 Å².